The third kappa shape index (κ3) is 3.23. The molecule has 0 spiro atoms. The molecule has 4 nitrogen and oxygen atoms in total. The number of likely N-dealkylation sites (tertiary alicyclic amines) is 1. The molecule has 0 radical (unpaired) electrons. The van der Waals surface area contributed by atoms with Crippen molar-refractivity contribution >= 4 is 5.91 Å². The largest absolute Gasteiger partial charge is 0.340 e. The number of amides is 1. The Balaban J connectivity index is 1.89. The van der Waals surface area contributed by atoms with Crippen molar-refractivity contribution in [2.75, 3.05) is 32.7 Å². The maximum atomic E-state index is 12.4. The van der Waals surface area contributed by atoms with Gasteiger partial charge in [0, 0.05) is 31.7 Å². The Hall–Kier alpha value is -0.610. The Kier molecular flexibility index (Phi) is 5.01. The Morgan fingerprint density at radius 2 is 2.11 bits per heavy atom. The molecule has 104 valence electrons. The van der Waals surface area contributed by atoms with E-state index in [0.717, 1.165) is 32.6 Å². The van der Waals surface area contributed by atoms with Gasteiger partial charge in [-0.1, -0.05) is 6.92 Å². The number of rotatable bonds is 3. The molecule has 0 bridgehead atoms. The molecule has 2 rings (SSSR count). The first-order chi connectivity index (χ1) is 8.72. The van der Waals surface area contributed by atoms with E-state index in [4.69, 9.17) is 0 Å². The molecule has 0 aromatic carbocycles. The average Bonchev–Trinajstić information content (AvgIpc) is 2.61. The standard InChI is InChI=1S/C14H27N3O/c1-3-13-6-5-12(2)17(13)11-14(18)16-9-4-7-15-8-10-16/h12-13,15H,3-11H2,1-2H3. The number of nitrogens with one attached hydrogen (secondary N) is 1. The second kappa shape index (κ2) is 6.53. The van der Waals surface area contributed by atoms with Gasteiger partial charge in [0.2, 0.25) is 5.91 Å². The van der Waals surface area contributed by atoms with E-state index in [1.165, 1.54) is 19.3 Å². The molecule has 0 aromatic rings. The Morgan fingerprint density at radius 3 is 2.89 bits per heavy atom. The first-order valence-corrected chi connectivity index (χ1v) is 7.46. The molecule has 18 heavy (non-hydrogen) atoms. The van der Waals surface area contributed by atoms with Crippen LogP contribution in [0.5, 0.6) is 0 Å². The first-order valence-electron chi connectivity index (χ1n) is 7.46. The lowest BCUT2D eigenvalue weighted by atomic mass is 10.1. The fourth-order valence-corrected chi connectivity index (χ4v) is 3.20. The molecule has 2 atom stereocenters. The summed E-state index contributed by atoms with van der Waals surface area (Å²) in [7, 11) is 0. The molecule has 2 saturated heterocycles. The number of carbonyl (C=O) groups excluding carboxylic acids is 1. The van der Waals surface area contributed by atoms with E-state index in [1.54, 1.807) is 0 Å². The minimum absolute atomic E-state index is 0.325. The van der Waals surface area contributed by atoms with E-state index in [0.29, 0.717) is 24.5 Å². The van der Waals surface area contributed by atoms with Crippen molar-refractivity contribution in [3.63, 3.8) is 0 Å². The quantitative estimate of drug-likeness (QED) is 0.817. The summed E-state index contributed by atoms with van der Waals surface area (Å²) < 4.78 is 0. The lowest BCUT2D eigenvalue weighted by Crippen LogP contribution is -2.45. The zero-order chi connectivity index (χ0) is 13.0. The van der Waals surface area contributed by atoms with Crippen molar-refractivity contribution in [1.29, 1.82) is 0 Å². The van der Waals surface area contributed by atoms with E-state index < -0.39 is 0 Å². The number of nitrogens with zero attached hydrogens (tertiary/aromatic N) is 2. The molecule has 0 aliphatic carbocycles. The van der Waals surface area contributed by atoms with Crippen molar-refractivity contribution in [3.05, 3.63) is 0 Å². The van der Waals surface area contributed by atoms with Crippen LogP contribution >= 0.6 is 0 Å². The fraction of sp³-hybridized carbons (Fsp3) is 0.929. The third-order valence-corrected chi connectivity index (χ3v) is 4.43. The molecule has 1 amide bonds. The van der Waals surface area contributed by atoms with Crippen LogP contribution in [-0.2, 0) is 4.79 Å². The number of hydrogen-bond donors (Lipinski definition) is 1. The van der Waals surface area contributed by atoms with Gasteiger partial charge in [-0.2, -0.15) is 0 Å². The normalized spacial score (nSPS) is 30.4. The van der Waals surface area contributed by atoms with Gasteiger partial charge in [-0.3, -0.25) is 9.69 Å². The SMILES string of the molecule is CCC1CCC(C)N1CC(=O)N1CCCNCC1. The van der Waals surface area contributed by atoms with Crippen LogP contribution in [0, 0.1) is 0 Å². The van der Waals surface area contributed by atoms with Crippen LogP contribution in [0.1, 0.15) is 39.5 Å². The van der Waals surface area contributed by atoms with Crippen LogP contribution in [0.25, 0.3) is 0 Å². The van der Waals surface area contributed by atoms with E-state index in [2.05, 4.69) is 24.1 Å². The Bertz CT molecular complexity index is 274. The summed E-state index contributed by atoms with van der Waals surface area (Å²) in [5.74, 6) is 0.325. The molecule has 2 heterocycles. The van der Waals surface area contributed by atoms with Gasteiger partial charge in [-0.25, -0.2) is 0 Å². The lowest BCUT2D eigenvalue weighted by molar-refractivity contribution is -0.132. The maximum Gasteiger partial charge on any atom is 0.236 e. The Labute approximate surface area is 111 Å². The van der Waals surface area contributed by atoms with Crippen molar-refractivity contribution in [1.82, 2.24) is 15.1 Å². The highest BCUT2D eigenvalue weighted by Crippen LogP contribution is 2.25. The topological polar surface area (TPSA) is 35.6 Å². The van der Waals surface area contributed by atoms with Crippen molar-refractivity contribution in [2.24, 2.45) is 0 Å². The summed E-state index contributed by atoms with van der Waals surface area (Å²) in [5, 5.41) is 3.35. The zero-order valence-corrected chi connectivity index (χ0v) is 11.8. The van der Waals surface area contributed by atoms with E-state index in [1.807, 2.05) is 4.90 Å². The first kappa shape index (κ1) is 13.8. The average molecular weight is 253 g/mol. The van der Waals surface area contributed by atoms with Gasteiger partial charge in [0.25, 0.3) is 0 Å². The van der Waals surface area contributed by atoms with Crippen LogP contribution < -0.4 is 5.32 Å². The summed E-state index contributed by atoms with van der Waals surface area (Å²) in [6.07, 6.45) is 4.75. The van der Waals surface area contributed by atoms with Gasteiger partial charge in [-0.15, -0.1) is 0 Å². The fourth-order valence-electron chi connectivity index (χ4n) is 3.20. The zero-order valence-electron chi connectivity index (χ0n) is 11.8. The molecule has 2 aliphatic heterocycles. The molecular formula is C14H27N3O. The molecule has 1 N–H and O–H groups in total. The highest BCUT2D eigenvalue weighted by Gasteiger charge is 2.31. The third-order valence-electron chi connectivity index (χ3n) is 4.43. The van der Waals surface area contributed by atoms with Gasteiger partial charge in [0.15, 0.2) is 0 Å². The maximum absolute atomic E-state index is 12.4. The van der Waals surface area contributed by atoms with E-state index in [-0.39, 0.29) is 0 Å². The van der Waals surface area contributed by atoms with Crippen molar-refractivity contribution in [3.8, 4) is 0 Å². The van der Waals surface area contributed by atoms with Crippen LogP contribution in [0.2, 0.25) is 0 Å². The van der Waals surface area contributed by atoms with Gasteiger partial charge in [0.1, 0.15) is 0 Å². The predicted octanol–water partition coefficient (Wildman–Crippen LogP) is 1.07. The molecule has 0 saturated carbocycles. The van der Waals surface area contributed by atoms with Crippen LogP contribution in [-0.4, -0.2) is 60.5 Å². The van der Waals surface area contributed by atoms with E-state index >= 15 is 0 Å². The minimum Gasteiger partial charge on any atom is -0.340 e. The molecule has 2 unspecified atom stereocenters. The summed E-state index contributed by atoms with van der Waals surface area (Å²) >= 11 is 0. The Morgan fingerprint density at radius 1 is 1.28 bits per heavy atom. The van der Waals surface area contributed by atoms with Crippen LogP contribution in [0.3, 0.4) is 0 Å². The number of hydrogen-bond acceptors (Lipinski definition) is 3. The number of carbonyl (C=O) groups is 1. The van der Waals surface area contributed by atoms with Crippen molar-refractivity contribution < 1.29 is 4.79 Å². The minimum atomic E-state index is 0.325. The molecule has 2 fully saturated rings. The molecule has 4 heteroatoms. The second-order valence-corrected chi connectivity index (χ2v) is 5.65. The van der Waals surface area contributed by atoms with Gasteiger partial charge in [-0.05, 0) is 39.2 Å². The summed E-state index contributed by atoms with van der Waals surface area (Å²) in [6.45, 7) is 8.89. The smallest absolute Gasteiger partial charge is 0.236 e. The molecule has 0 aromatic heterocycles. The van der Waals surface area contributed by atoms with Gasteiger partial charge >= 0.3 is 0 Å². The molecular weight excluding hydrogens is 226 g/mol. The summed E-state index contributed by atoms with van der Waals surface area (Å²) in [6, 6.07) is 1.19. The highest BCUT2D eigenvalue weighted by atomic mass is 16.2. The lowest BCUT2D eigenvalue weighted by Gasteiger charge is -2.30. The van der Waals surface area contributed by atoms with E-state index in [9.17, 15) is 4.79 Å². The van der Waals surface area contributed by atoms with Crippen molar-refractivity contribution in [2.45, 2.75) is 51.6 Å². The van der Waals surface area contributed by atoms with Gasteiger partial charge < -0.3 is 10.2 Å². The van der Waals surface area contributed by atoms with Crippen LogP contribution in [0.4, 0.5) is 0 Å². The highest BCUT2D eigenvalue weighted by molar-refractivity contribution is 5.78. The molecule has 2 aliphatic rings. The van der Waals surface area contributed by atoms with Gasteiger partial charge in [0.05, 0.1) is 6.54 Å². The summed E-state index contributed by atoms with van der Waals surface area (Å²) in [4.78, 5) is 16.8. The van der Waals surface area contributed by atoms with Crippen LogP contribution in [0.15, 0.2) is 0 Å². The summed E-state index contributed by atoms with van der Waals surface area (Å²) in [5.41, 5.74) is 0. The monoisotopic (exact) mass is 253 g/mol. The second-order valence-electron chi connectivity index (χ2n) is 5.65. The predicted molar refractivity (Wildman–Crippen MR) is 73.5 cm³/mol.